The lowest BCUT2D eigenvalue weighted by Crippen LogP contribution is -2.20. The number of hydrogen-bond acceptors (Lipinski definition) is 4. The number of aryl methyl sites for hydroxylation is 1. The normalized spacial score (nSPS) is 11.6. The minimum Gasteiger partial charge on any atom is -0.302 e. The number of fused-ring (bicyclic) bond motifs is 1. The van der Waals surface area contributed by atoms with Crippen LogP contribution in [0, 0.1) is 0 Å². The molecule has 0 saturated heterocycles. The van der Waals surface area contributed by atoms with Crippen LogP contribution in [0.25, 0.3) is 10.2 Å². The van der Waals surface area contributed by atoms with Gasteiger partial charge in [0.25, 0.3) is 0 Å². The summed E-state index contributed by atoms with van der Waals surface area (Å²) in [6.07, 6.45) is 5.05. The minimum atomic E-state index is 0.958. The van der Waals surface area contributed by atoms with Gasteiger partial charge in [-0.25, -0.2) is 4.98 Å². The lowest BCUT2D eigenvalue weighted by atomic mass is 10.2. The number of thiazole rings is 1. The molecule has 1 aromatic carbocycles. The Morgan fingerprint density at radius 1 is 1.35 bits per heavy atom. The zero-order valence-corrected chi connectivity index (χ0v) is 12.6. The minimum absolute atomic E-state index is 0.958. The van der Waals surface area contributed by atoms with Crippen LogP contribution in [0.15, 0.2) is 36.1 Å². The second-order valence-electron chi connectivity index (χ2n) is 5.13. The summed E-state index contributed by atoms with van der Waals surface area (Å²) in [6, 6.07) is 6.36. The van der Waals surface area contributed by atoms with E-state index >= 15 is 0 Å². The van der Waals surface area contributed by atoms with Gasteiger partial charge in [0.05, 0.1) is 21.9 Å². The van der Waals surface area contributed by atoms with Gasteiger partial charge in [0.15, 0.2) is 0 Å². The fraction of sp³-hybridized carbons (Fsp3) is 0.333. The van der Waals surface area contributed by atoms with Crippen molar-refractivity contribution in [2.45, 2.75) is 13.0 Å². The van der Waals surface area contributed by atoms with Crippen molar-refractivity contribution in [1.29, 1.82) is 0 Å². The number of aromatic nitrogens is 3. The Bertz CT molecular complexity index is 701. The van der Waals surface area contributed by atoms with Crippen LogP contribution in [0.2, 0.25) is 0 Å². The molecule has 0 bridgehead atoms. The largest absolute Gasteiger partial charge is 0.302 e. The van der Waals surface area contributed by atoms with E-state index in [0.717, 1.165) is 25.0 Å². The number of hydrogen-bond donors (Lipinski definition) is 0. The van der Waals surface area contributed by atoms with Crippen molar-refractivity contribution in [2.75, 3.05) is 13.6 Å². The van der Waals surface area contributed by atoms with Gasteiger partial charge in [-0.2, -0.15) is 5.10 Å². The summed E-state index contributed by atoms with van der Waals surface area (Å²) in [4.78, 5) is 6.72. The van der Waals surface area contributed by atoms with E-state index in [1.807, 2.05) is 23.4 Å². The standard InChI is InChI=1S/C15H18N4S/c1-18(7-6-12-8-17-19(2)9-12)10-13-4-3-5-14-15(13)20-11-16-14/h3-5,8-9,11H,6-7,10H2,1-2H3. The molecule has 0 spiro atoms. The van der Waals surface area contributed by atoms with Crippen LogP contribution >= 0.6 is 11.3 Å². The third-order valence-corrected chi connectivity index (χ3v) is 4.34. The Morgan fingerprint density at radius 2 is 2.25 bits per heavy atom. The molecule has 0 aliphatic rings. The zero-order chi connectivity index (χ0) is 13.9. The molecule has 3 rings (SSSR count). The van der Waals surface area contributed by atoms with Crippen molar-refractivity contribution in [2.24, 2.45) is 7.05 Å². The maximum atomic E-state index is 4.37. The molecule has 0 saturated carbocycles. The second-order valence-corrected chi connectivity index (χ2v) is 5.98. The molecular weight excluding hydrogens is 268 g/mol. The Kier molecular flexibility index (Phi) is 3.80. The summed E-state index contributed by atoms with van der Waals surface area (Å²) in [5, 5.41) is 4.20. The van der Waals surface area contributed by atoms with Crippen molar-refractivity contribution in [3.8, 4) is 0 Å². The van der Waals surface area contributed by atoms with Gasteiger partial charge in [-0.3, -0.25) is 4.68 Å². The predicted molar refractivity (Wildman–Crippen MR) is 82.9 cm³/mol. The highest BCUT2D eigenvalue weighted by atomic mass is 32.1. The van der Waals surface area contributed by atoms with Gasteiger partial charge in [-0.05, 0) is 30.7 Å². The van der Waals surface area contributed by atoms with Gasteiger partial charge in [-0.1, -0.05) is 12.1 Å². The van der Waals surface area contributed by atoms with Crippen molar-refractivity contribution in [1.82, 2.24) is 19.7 Å². The molecule has 0 radical (unpaired) electrons. The molecule has 104 valence electrons. The molecule has 0 atom stereocenters. The van der Waals surface area contributed by atoms with Crippen LogP contribution in [0.5, 0.6) is 0 Å². The molecule has 0 unspecified atom stereocenters. The molecule has 2 aromatic heterocycles. The van der Waals surface area contributed by atoms with Gasteiger partial charge in [0, 0.05) is 26.3 Å². The average Bonchev–Trinajstić information content (AvgIpc) is 3.05. The maximum Gasteiger partial charge on any atom is 0.0815 e. The summed E-state index contributed by atoms with van der Waals surface area (Å²) >= 11 is 1.72. The molecule has 4 nitrogen and oxygen atoms in total. The molecule has 20 heavy (non-hydrogen) atoms. The highest BCUT2D eigenvalue weighted by Crippen LogP contribution is 2.23. The first kappa shape index (κ1) is 13.3. The average molecular weight is 286 g/mol. The van der Waals surface area contributed by atoms with E-state index in [0.29, 0.717) is 0 Å². The third-order valence-electron chi connectivity index (χ3n) is 3.42. The summed E-state index contributed by atoms with van der Waals surface area (Å²) < 4.78 is 3.16. The van der Waals surface area contributed by atoms with Crippen molar-refractivity contribution in [3.63, 3.8) is 0 Å². The first-order valence-electron chi connectivity index (χ1n) is 6.69. The number of rotatable bonds is 5. The maximum absolute atomic E-state index is 4.37. The SMILES string of the molecule is CN(CCc1cnn(C)c1)Cc1cccc2ncsc12. The molecule has 0 N–H and O–H groups in total. The molecule has 0 aliphatic heterocycles. The molecule has 0 fully saturated rings. The van der Waals surface area contributed by atoms with E-state index in [4.69, 9.17) is 0 Å². The van der Waals surface area contributed by atoms with Crippen LogP contribution in [0.4, 0.5) is 0 Å². The lowest BCUT2D eigenvalue weighted by molar-refractivity contribution is 0.332. The summed E-state index contributed by atoms with van der Waals surface area (Å²) in [7, 11) is 4.12. The quantitative estimate of drug-likeness (QED) is 0.723. The van der Waals surface area contributed by atoms with Crippen LogP contribution in [-0.2, 0) is 20.0 Å². The monoisotopic (exact) mass is 286 g/mol. The lowest BCUT2D eigenvalue weighted by Gasteiger charge is -2.16. The van der Waals surface area contributed by atoms with Gasteiger partial charge in [0.1, 0.15) is 0 Å². The van der Waals surface area contributed by atoms with Crippen LogP contribution in [0.3, 0.4) is 0 Å². The number of nitrogens with zero attached hydrogens (tertiary/aromatic N) is 4. The number of likely N-dealkylation sites (N-methyl/N-ethyl adjacent to an activating group) is 1. The molecule has 0 amide bonds. The molecule has 5 heteroatoms. The zero-order valence-electron chi connectivity index (χ0n) is 11.8. The van der Waals surface area contributed by atoms with E-state index in [-0.39, 0.29) is 0 Å². The molecule has 0 aliphatic carbocycles. The molecular formula is C15H18N4S. The highest BCUT2D eigenvalue weighted by molar-refractivity contribution is 7.16. The van der Waals surface area contributed by atoms with Crippen LogP contribution < -0.4 is 0 Å². The van der Waals surface area contributed by atoms with Crippen molar-refractivity contribution < 1.29 is 0 Å². The van der Waals surface area contributed by atoms with Gasteiger partial charge in [-0.15, -0.1) is 11.3 Å². The van der Waals surface area contributed by atoms with E-state index in [1.54, 1.807) is 11.3 Å². The van der Waals surface area contributed by atoms with Crippen molar-refractivity contribution >= 4 is 21.6 Å². The Morgan fingerprint density at radius 3 is 3.05 bits per heavy atom. The van der Waals surface area contributed by atoms with Crippen LogP contribution in [0.1, 0.15) is 11.1 Å². The Hall–Kier alpha value is -1.72. The van der Waals surface area contributed by atoms with E-state index in [9.17, 15) is 0 Å². The summed E-state index contributed by atoms with van der Waals surface area (Å²) in [6.45, 7) is 1.99. The fourth-order valence-corrected chi connectivity index (χ4v) is 3.16. The first-order chi connectivity index (χ1) is 9.72. The summed E-state index contributed by atoms with van der Waals surface area (Å²) in [5.74, 6) is 0. The first-order valence-corrected chi connectivity index (χ1v) is 7.57. The Labute approximate surface area is 122 Å². The third kappa shape index (κ3) is 2.89. The topological polar surface area (TPSA) is 34.0 Å². The smallest absolute Gasteiger partial charge is 0.0815 e. The van der Waals surface area contributed by atoms with E-state index in [2.05, 4.69) is 46.4 Å². The van der Waals surface area contributed by atoms with Gasteiger partial charge < -0.3 is 4.90 Å². The number of benzene rings is 1. The molecule has 2 heterocycles. The van der Waals surface area contributed by atoms with Gasteiger partial charge >= 0.3 is 0 Å². The summed E-state index contributed by atoms with van der Waals surface area (Å²) in [5.41, 5.74) is 5.67. The van der Waals surface area contributed by atoms with Crippen LogP contribution in [-0.4, -0.2) is 33.3 Å². The predicted octanol–water partition coefficient (Wildman–Crippen LogP) is 2.70. The second kappa shape index (κ2) is 5.73. The van der Waals surface area contributed by atoms with E-state index in [1.165, 1.54) is 15.8 Å². The molecule has 3 aromatic rings. The Balaban J connectivity index is 1.63. The van der Waals surface area contributed by atoms with E-state index < -0.39 is 0 Å². The van der Waals surface area contributed by atoms with Crippen molar-refractivity contribution in [3.05, 3.63) is 47.2 Å². The fourth-order valence-electron chi connectivity index (χ4n) is 2.36. The highest BCUT2D eigenvalue weighted by Gasteiger charge is 2.07. The van der Waals surface area contributed by atoms with Gasteiger partial charge in [0.2, 0.25) is 0 Å².